The first kappa shape index (κ1) is 26.3. The van der Waals surface area contributed by atoms with E-state index in [9.17, 15) is 18.4 Å². The molecule has 0 spiro atoms. The van der Waals surface area contributed by atoms with Crippen LogP contribution in [0.4, 0.5) is 8.78 Å². The van der Waals surface area contributed by atoms with E-state index in [1.54, 1.807) is 18.2 Å². The summed E-state index contributed by atoms with van der Waals surface area (Å²) < 4.78 is 39.3. The fourth-order valence-corrected chi connectivity index (χ4v) is 3.75. The van der Waals surface area contributed by atoms with Gasteiger partial charge in [-0.15, -0.1) is 0 Å². The number of ether oxygens (including phenoxy) is 2. The van der Waals surface area contributed by atoms with E-state index < -0.39 is 35.1 Å². The molecule has 0 aliphatic heterocycles. The molecule has 2 amide bonds. The average molecular weight is 517 g/mol. The summed E-state index contributed by atoms with van der Waals surface area (Å²) in [5, 5.41) is 2.43. The van der Waals surface area contributed by atoms with E-state index in [2.05, 4.69) is 5.32 Å². The summed E-state index contributed by atoms with van der Waals surface area (Å²) in [7, 11) is 0. The van der Waals surface area contributed by atoms with Gasteiger partial charge < -0.3 is 20.5 Å². The molecule has 0 bridgehead atoms. The lowest BCUT2D eigenvalue weighted by Crippen LogP contribution is -2.46. The van der Waals surface area contributed by atoms with Crippen molar-refractivity contribution in [2.45, 2.75) is 25.7 Å². The van der Waals surface area contributed by atoms with Gasteiger partial charge in [0.2, 0.25) is 5.91 Å². The molecule has 0 unspecified atom stereocenters. The second-order valence-electron chi connectivity index (χ2n) is 8.59. The number of halogens is 2. The first-order valence-corrected chi connectivity index (χ1v) is 11.9. The van der Waals surface area contributed by atoms with Crippen molar-refractivity contribution in [3.05, 3.63) is 131 Å². The highest BCUT2D eigenvalue weighted by atomic mass is 19.1. The number of amides is 2. The molecule has 1 atom stereocenters. The number of nitrogens with one attached hydrogen (secondary N) is 1. The molecule has 194 valence electrons. The van der Waals surface area contributed by atoms with Crippen molar-refractivity contribution in [2.75, 3.05) is 0 Å². The maximum atomic E-state index is 14.0. The predicted molar refractivity (Wildman–Crippen MR) is 139 cm³/mol. The van der Waals surface area contributed by atoms with Crippen molar-refractivity contribution in [1.29, 1.82) is 0 Å². The third-order valence-electron chi connectivity index (χ3n) is 5.75. The lowest BCUT2D eigenvalue weighted by atomic mass is 10.0. The number of benzene rings is 4. The molecule has 0 fully saturated rings. The first-order chi connectivity index (χ1) is 18.4. The summed E-state index contributed by atoms with van der Waals surface area (Å²) in [6, 6.07) is 25.8. The minimum Gasteiger partial charge on any atom is -0.485 e. The highest BCUT2D eigenvalue weighted by Crippen LogP contribution is 2.30. The Kier molecular flexibility index (Phi) is 8.66. The summed E-state index contributed by atoms with van der Waals surface area (Å²) in [6.07, 6.45) is 0.0184. The Hall–Kier alpha value is -4.72. The molecule has 0 saturated carbocycles. The van der Waals surface area contributed by atoms with Gasteiger partial charge in [0.05, 0.1) is 5.56 Å². The van der Waals surface area contributed by atoms with Gasteiger partial charge in [0.25, 0.3) is 5.91 Å². The van der Waals surface area contributed by atoms with Crippen molar-refractivity contribution in [3.8, 4) is 11.5 Å². The molecular formula is C30H26F2N2O4. The Morgan fingerprint density at radius 2 is 1.34 bits per heavy atom. The second-order valence-corrected chi connectivity index (χ2v) is 8.59. The van der Waals surface area contributed by atoms with Gasteiger partial charge in [0.1, 0.15) is 30.9 Å². The molecule has 0 saturated heterocycles. The lowest BCUT2D eigenvalue weighted by molar-refractivity contribution is -0.119. The van der Waals surface area contributed by atoms with E-state index in [0.717, 1.165) is 23.3 Å². The molecule has 4 aromatic carbocycles. The number of primary amides is 1. The molecule has 4 aromatic rings. The van der Waals surface area contributed by atoms with E-state index in [-0.39, 0.29) is 13.0 Å². The molecule has 3 N–H and O–H groups in total. The van der Waals surface area contributed by atoms with Crippen LogP contribution in [0.1, 0.15) is 27.0 Å². The molecule has 8 heteroatoms. The minimum atomic E-state index is -1.15. The number of hydrogen-bond donors (Lipinski definition) is 2. The molecule has 0 heterocycles. The van der Waals surface area contributed by atoms with Gasteiger partial charge in [-0.2, -0.15) is 0 Å². The number of carbonyl (C=O) groups is 2. The third-order valence-corrected chi connectivity index (χ3v) is 5.75. The molecule has 38 heavy (non-hydrogen) atoms. The van der Waals surface area contributed by atoms with Crippen LogP contribution in [0.5, 0.6) is 11.5 Å². The Balaban J connectivity index is 1.52. The predicted octanol–water partition coefficient (Wildman–Crippen LogP) is 4.95. The van der Waals surface area contributed by atoms with Crippen molar-refractivity contribution >= 4 is 11.8 Å². The summed E-state index contributed by atoms with van der Waals surface area (Å²) in [5.41, 5.74) is 7.69. The molecule has 0 aromatic heterocycles. The quantitative estimate of drug-likeness (QED) is 0.295. The number of nitrogens with two attached hydrogens (primary N) is 1. The highest BCUT2D eigenvalue weighted by Gasteiger charge is 2.22. The SMILES string of the molecule is NC(=O)[C@H](Cc1ccc(OCc2ccccc2)c(OCc2ccccc2)c1)NC(=O)c1ccc(F)cc1F. The second kappa shape index (κ2) is 12.5. The van der Waals surface area contributed by atoms with E-state index in [0.29, 0.717) is 29.7 Å². The van der Waals surface area contributed by atoms with Gasteiger partial charge >= 0.3 is 0 Å². The average Bonchev–Trinajstić information content (AvgIpc) is 2.92. The van der Waals surface area contributed by atoms with Crippen molar-refractivity contribution in [2.24, 2.45) is 5.73 Å². The standard InChI is InChI=1S/C30H26F2N2O4/c31-23-12-13-24(25(32)17-23)30(36)34-26(29(33)35)15-22-11-14-27(37-18-20-7-3-1-4-8-20)28(16-22)38-19-21-9-5-2-6-10-21/h1-14,16-17,26H,15,18-19H2,(H2,33,35)(H,34,36)/t26-/m0/s1. The smallest absolute Gasteiger partial charge is 0.254 e. The molecule has 0 aliphatic carbocycles. The van der Waals surface area contributed by atoms with Crippen LogP contribution in [0, 0.1) is 11.6 Å². The van der Waals surface area contributed by atoms with Crippen LogP contribution >= 0.6 is 0 Å². The highest BCUT2D eigenvalue weighted by molar-refractivity contribution is 5.97. The zero-order valence-electron chi connectivity index (χ0n) is 20.4. The van der Waals surface area contributed by atoms with Crippen LogP contribution in [-0.4, -0.2) is 17.9 Å². The fourth-order valence-electron chi connectivity index (χ4n) is 3.75. The summed E-state index contributed by atoms with van der Waals surface area (Å²) in [4.78, 5) is 24.7. The molecular weight excluding hydrogens is 490 g/mol. The zero-order valence-corrected chi connectivity index (χ0v) is 20.4. The Morgan fingerprint density at radius 1 is 0.737 bits per heavy atom. The van der Waals surface area contributed by atoms with Crippen LogP contribution < -0.4 is 20.5 Å². The monoisotopic (exact) mass is 516 g/mol. The maximum absolute atomic E-state index is 14.0. The van der Waals surface area contributed by atoms with Crippen molar-refractivity contribution in [1.82, 2.24) is 5.32 Å². The topological polar surface area (TPSA) is 90.7 Å². The zero-order chi connectivity index (χ0) is 26.9. The van der Waals surface area contributed by atoms with E-state index in [1.165, 1.54) is 0 Å². The van der Waals surface area contributed by atoms with E-state index in [4.69, 9.17) is 15.2 Å². The summed E-state index contributed by atoms with van der Waals surface area (Å²) in [6.45, 7) is 0.608. The lowest BCUT2D eigenvalue weighted by Gasteiger charge is -2.18. The number of carbonyl (C=O) groups excluding carboxylic acids is 2. The first-order valence-electron chi connectivity index (χ1n) is 11.9. The Morgan fingerprint density at radius 3 is 1.92 bits per heavy atom. The van der Waals surface area contributed by atoms with Crippen molar-refractivity contribution in [3.63, 3.8) is 0 Å². The van der Waals surface area contributed by atoms with Crippen LogP contribution in [0.3, 0.4) is 0 Å². The Labute approximate surface area is 219 Å². The number of hydrogen-bond acceptors (Lipinski definition) is 4. The fraction of sp³-hybridized carbons (Fsp3) is 0.133. The van der Waals surface area contributed by atoms with Gasteiger partial charge in [0.15, 0.2) is 11.5 Å². The van der Waals surface area contributed by atoms with Crippen LogP contribution in [0.25, 0.3) is 0 Å². The van der Waals surface area contributed by atoms with Crippen molar-refractivity contribution < 1.29 is 27.8 Å². The van der Waals surface area contributed by atoms with Gasteiger partial charge in [-0.3, -0.25) is 9.59 Å². The summed E-state index contributed by atoms with van der Waals surface area (Å²) in [5.74, 6) is -2.60. The number of rotatable bonds is 11. The van der Waals surface area contributed by atoms with Crippen LogP contribution in [0.2, 0.25) is 0 Å². The molecule has 4 rings (SSSR count). The van der Waals surface area contributed by atoms with E-state index >= 15 is 0 Å². The summed E-state index contributed by atoms with van der Waals surface area (Å²) >= 11 is 0. The van der Waals surface area contributed by atoms with Gasteiger partial charge in [-0.25, -0.2) is 8.78 Å². The molecule has 6 nitrogen and oxygen atoms in total. The van der Waals surface area contributed by atoms with Gasteiger partial charge in [-0.1, -0.05) is 66.7 Å². The normalized spacial score (nSPS) is 11.4. The molecule has 0 aliphatic rings. The van der Waals surface area contributed by atoms with Gasteiger partial charge in [0, 0.05) is 12.5 Å². The van der Waals surface area contributed by atoms with Gasteiger partial charge in [-0.05, 0) is 41.0 Å². The van der Waals surface area contributed by atoms with Crippen LogP contribution in [-0.2, 0) is 24.4 Å². The third kappa shape index (κ3) is 7.16. The minimum absolute atomic E-state index is 0.0184. The Bertz CT molecular complexity index is 1400. The molecule has 0 radical (unpaired) electrons. The largest absolute Gasteiger partial charge is 0.485 e. The van der Waals surface area contributed by atoms with Crippen LogP contribution in [0.15, 0.2) is 97.1 Å². The maximum Gasteiger partial charge on any atom is 0.254 e. The van der Waals surface area contributed by atoms with E-state index in [1.807, 2.05) is 60.7 Å².